The third kappa shape index (κ3) is 1.77. The highest BCUT2D eigenvalue weighted by molar-refractivity contribution is 5.85. The highest BCUT2D eigenvalue weighted by Gasteiger charge is 2.44. The average molecular weight is 161 g/mol. The van der Waals surface area contributed by atoms with Crippen molar-refractivity contribution < 1.29 is 15.0 Å². The summed E-state index contributed by atoms with van der Waals surface area (Å²) in [4.78, 5) is 10.8. The molecule has 66 valence electrons. The first-order valence-corrected chi connectivity index (χ1v) is 3.40. The summed E-state index contributed by atoms with van der Waals surface area (Å²) in [6.45, 7) is 3.84. The SMILES string of the molecule is CN[C@@](C)(O)[C@@](C)(O)C(C)=O. The van der Waals surface area contributed by atoms with Crippen LogP contribution in [0.15, 0.2) is 0 Å². The van der Waals surface area contributed by atoms with E-state index in [1.54, 1.807) is 0 Å². The number of carbonyl (C=O) groups excluding carboxylic acids is 1. The second-order valence-corrected chi connectivity index (χ2v) is 2.95. The number of ketones is 1. The molecule has 11 heavy (non-hydrogen) atoms. The number of likely N-dealkylation sites (N-methyl/N-ethyl adjacent to an activating group) is 1. The molecule has 0 aliphatic rings. The monoisotopic (exact) mass is 161 g/mol. The first-order chi connectivity index (χ1) is 4.75. The largest absolute Gasteiger partial charge is 0.378 e. The van der Waals surface area contributed by atoms with Crippen molar-refractivity contribution in [3.63, 3.8) is 0 Å². The van der Waals surface area contributed by atoms with Gasteiger partial charge in [0.1, 0.15) is 5.72 Å². The number of hydrogen-bond donors (Lipinski definition) is 3. The molecule has 2 atom stereocenters. The number of hydrogen-bond acceptors (Lipinski definition) is 4. The molecule has 0 aromatic carbocycles. The number of aliphatic hydroxyl groups is 2. The Labute approximate surface area is 66.2 Å². The Morgan fingerprint density at radius 3 is 1.82 bits per heavy atom. The summed E-state index contributed by atoms with van der Waals surface area (Å²) in [5.41, 5.74) is -3.33. The van der Waals surface area contributed by atoms with Crippen LogP contribution in [-0.2, 0) is 4.79 Å². The Balaban J connectivity index is 4.67. The van der Waals surface area contributed by atoms with Crippen LogP contribution >= 0.6 is 0 Å². The third-order valence-electron chi connectivity index (χ3n) is 2.12. The van der Waals surface area contributed by atoms with E-state index in [4.69, 9.17) is 0 Å². The lowest BCUT2D eigenvalue weighted by molar-refractivity contribution is -0.169. The van der Waals surface area contributed by atoms with Crippen molar-refractivity contribution in [1.29, 1.82) is 0 Å². The molecule has 0 aromatic heterocycles. The fraction of sp³-hybridized carbons (Fsp3) is 0.857. The summed E-state index contributed by atoms with van der Waals surface area (Å²) in [5.74, 6) is -0.475. The fourth-order valence-electron chi connectivity index (χ4n) is 0.586. The van der Waals surface area contributed by atoms with Gasteiger partial charge in [-0.3, -0.25) is 10.1 Å². The van der Waals surface area contributed by atoms with Crippen LogP contribution in [0.25, 0.3) is 0 Å². The van der Waals surface area contributed by atoms with Gasteiger partial charge >= 0.3 is 0 Å². The lowest BCUT2D eigenvalue weighted by atomic mass is 9.90. The fourth-order valence-corrected chi connectivity index (χ4v) is 0.586. The Morgan fingerprint density at radius 2 is 1.73 bits per heavy atom. The van der Waals surface area contributed by atoms with Crippen molar-refractivity contribution in [1.82, 2.24) is 5.32 Å². The van der Waals surface area contributed by atoms with Gasteiger partial charge in [0.15, 0.2) is 11.4 Å². The highest BCUT2D eigenvalue weighted by Crippen LogP contribution is 2.19. The molecule has 0 saturated heterocycles. The molecular weight excluding hydrogens is 146 g/mol. The minimum Gasteiger partial charge on any atom is -0.378 e. The maximum atomic E-state index is 10.8. The van der Waals surface area contributed by atoms with Gasteiger partial charge in [0.2, 0.25) is 0 Å². The topological polar surface area (TPSA) is 69.6 Å². The van der Waals surface area contributed by atoms with Crippen LogP contribution in [0.4, 0.5) is 0 Å². The molecule has 0 amide bonds. The molecule has 4 heteroatoms. The van der Waals surface area contributed by atoms with Crippen LogP contribution in [0.5, 0.6) is 0 Å². The summed E-state index contributed by atoms with van der Waals surface area (Å²) in [7, 11) is 1.47. The zero-order valence-corrected chi connectivity index (χ0v) is 7.30. The molecule has 0 aliphatic heterocycles. The van der Waals surface area contributed by atoms with Gasteiger partial charge in [-0.05, 0) is 27.8 Å². The first kappa shape index (κ1) is 10.6. The Bertz CT molecular complexity index is 163. The molecule has 4 nitrogen and oxygen atoms in total. The predicted molar refractivity (Wildman–Crippen MR) is 41.0 cm³/mol. The van der Waals surface area contributed by atoms with E-state index in [0.717, 1.165) is 0 Å². The zero-order valence-electron chi connectivity index (χ0n) is 7.30. The molecule has 0 aliphatic carbocycles. The van der Waals surface area contributed by atoms with E-state index in [1.807, 2.05) is 0 Å². The summed E-state index contributed by atoms with van der Waals surface area (Å²) in [6.07, 6.45) is 0. The van der Waals surface area contributed by atoms with E-state index in [-0.39, 0.29) is 0 Å². The van der Waals surface area contributed by atoms with Crippen molar-refractivity contribution in [2.45, 2.75) is 32.1 Å². The molecule has 0 radical (unpaired) electrons. The molecule has 0 spiro atoms. The molecule has 3 N–H and O–H groups in total. The predicted octanol–water partition coefficient (Wildman–Crippen LogP) is -0.746. The van der Waals surface area contributed by atoms with Gasteiger partial charge in [0, 0.05) is 0 Å². The number of Topliss-reactive ketones (excluding diaryl/α,β-unsaturated/α-hetero) is 1. The van der Waals surface area contributed by atoms with Gasteiger partial charge in [-0.15, -0.1) is 0 Å². The van der Waals surface area contributed by atoms with Crippen LogP contribution in [0.3, 0.4) is 0 Å². The molecule has 0 rings (SSSR count). The maximum absolute atomic E-state index is 10.8. The van der Waals surface area contributed by atoms with Crippen LogP contribution in [0, 0.1) is 0 Å². The summed E-state index contributed by atoms with van der Waals surface area (Å²) < 4.78 is 0. The molecule has 0 bridgehead atoms. The van der Waals surface area contributed by atoms with E-state index < -0.39 is 17.1 Å². The second kappa shape index (κ2) is 2.89. The van der Waals surface area contributed by atoms with E-state index in [1.165, 1.54) is 27.8 Å². The van der Waals surface area contributed by atoms with Crippen LogP contribution in [-0.4, -0.2) is 34.4 Å². The van der Waals surface area contributed by atoms with Gasteiger partial charge in [-0.2, -0.15) is 0 Å². The second-order valence-electron chi connectivity index (χ2n) is 2.95. The van der Waals surface area contributed by atoms with E-state index >= 15 is 0 Å². The quantitative estimate of drug-likeness (QED) is 0.476. The van der Waals surface area contributed by atoms with Gasteiger partial charge in [0.25, 0.3) is 0 Å². The van der Waals surface area contributed by atoms with Gasteiger partial charge in [-0.1, -0.05) is 0 Å². The highest BCUT2D eigenvalue weighted by atomic mass is 16.4. The van der Waals surface area contributed by atoms with Gasteiger partial charge in [0.05, 0.1) is 0 Å². The number of nitrogens with one attached hydrogen (secondary N) is 1. The van der Waals surface area contributed by atoms with Crippen LogP contribution in [0.2, 0.25) is 0 Å². The number of rotatable bonds is 3. The van der Waals surface area contributed by atoms with Gasteiger partial charge < -0.3 is 10.2 Å². The Morgan fingerprint density at radius 1 is 1.36 bits per heavy atom. The maximum Gasteiger partial charge on any atom is 0.165 e. The van der Waals surface area contributed by atoms with E-state index in [9.17, 15) is 15.0 Å². The standard InChI is InChI=1S/C7H15NO3/c1-5(9)6(2,10)7(3,11)8-4/h8,10-11H,1-4H3/t6-,7-/m0/s1. The molecule has 0 fully saturated rings. The summed E-state index contributed by atoms with van der Waals surface area (Å²) in [6, 6.07) is 0. The van der Waals surface area contributed by atoms with Crippen molar-refractivity contribution in [3.05, 3.63) is 0 Å². The molecule has 0 aromatic rings. The van der Waals surface area contributed by atoms with Crippen LogP contribution < -0.4 is 5.32 Å². The normalized spacial score (nSPS) is 22.0. The molecule has 0 heterocycles. The van der Waals surface area contributed by atoms with E-state index in [2.05, 4.69) is 5.32 Å². The minimum absolute atomic E-state index is 0.475. The Kier molecular flexibility index (Phi) is 2.77. The van der Waals surface area contributed by atoms with Crippen molar-refractivity contribution in [2.24, 2.45) is 0 Å². The first-order valence-electron chi connectivity index (χ1n) is 3.40. The third-order valence-corrected chi connectivity index (χ3v) is 2.12. The lowest BCUT2D eigenvalue weighted by Crippen LogP contribution is -2.61. The van der Waals surface area contributed by atoms with Crippen LogP contribution in [0.1, 0.15) is 20.8 Å². The summed E-state index contributed by atoms with van der Waals surface area (Å²) in [5, 5.41) is 21.3. The molecule has 0 saturated carbocycles. The number of carbonyl (C=O) groups is 1. The lowest BCUT2D eigenvalue weighted by Gasteiger charge is -2.35. The van der Waals surface area contributed by atoms with Crippen molar-refractivity contribution in [3.8, 4) is 0 Å². The molecule has 0 unspecified atom stereocenters. The summed E-state index contributed by atoms with van der Waals surface area (Å²) >= 11 is 0. The molecular formula is C7H15NO3. The smallest absolute Gasteiger partial charge is 0.165 e. The van der Waals surface area contributed by atoms with Gasteiger partial charge in [-0.25, -0.2) is 0 Å². The van der Waals surface area contributed by atoms with E-state index in [0.29, 0.717) is 0 Å². The van der Waals surface area contributed by atoms with Crippen molar-refractivity contribution in [2.75, 3.05) is 7.05 Å². The minimum atomic E-state index is -1.75. The Hall–Kier alpha value is -0.450. The van der Waals surface area contributed by atoms with Crippen molar-refractivity contribution >= 4 is 5.78 Å². The zero-order chi connectivity index (χ0) is 9.28. The average Bonchev–Trinajstić information content (AvgIpc) is 1.87.